The molecule has 0 spiro atoms. The molecule has 5 amide bonds. The Morgan fingerprint density at radius 3 is 2.69 bits per heavy atom. The van der Waals surface area contributed by atoms with Gasteiger partial charge >= 0.3 is 6.03 Å². The number of nitrogens with one attached hydrogen (secondary N) is 2. The molecule has 4 rings (SSSR count). The third kappa shape index (κ3) is 5.39. The van der Waals surface area contributed by atoms with Gasteiger partial charge in [0.25, 0.3) is 0 Å². The summed E-state index contributed by atoms with van der Waals surface area (Å²) in [6.45, 7) is 1.56. The fourth-order valence-corrected chi connectivity index (χ4v) is 4.36. The molecule has 1 aromatic rings. The van der Waals surface area contributed by atoms with Gasteiger partial charge < -0.3 is 19.6 Å². The average molecular weight is 501 g/mol. The van der Waals surface area contributed by atoms with E-state index >= 15 is 0 Å². The lowest BCUT2D eigenvalue weighted by atomic mass is 10.1. The van der Waals surface area contributed by atoms with Gasteiger partial charge in [-0.2, -0.15) is 0 Å². The number of rotatable bonds is 8. The molecule has 3 aliphatic rings. The molecule has 3 heterocycles. The Bertz CT molecular complexity index is 1090. The molecule has 0 bridgehead atoms. The minimum atomic E-state index is -1.09. The SMILES string of the molecule is CC(=O)C[C@@H](C=O)NC(=O)[C@@H]1CCCN2C(=O)CCN(NC(=O)Cc3ccc4c(c3)OCO4)C(=O)N12. The molecule has 2 fully saturated rings. The average Bonchev–Trinajstić information content (AvgIpc) is 3.28. The van der Waals surface area contributed by atoms with Gasteiger partial charge in [-0.3, -0.25) is 24.6 Å². The van der Waals surface area contributed by atoms with Crippen molar-refractivity contribution in [1.82, 2.24) is 25.8 Å². The van der Waals surface area contributed by atoms with Gasteiger partial charge in [0.15, 0.2) is 11.5 Å². The summed E-state index contributed by atoms with van der Waals surface area (Å²) >= 11 is 0. The maximum absolute atomic E-state index is 13.4. The summed E-state index contributed by atoms with van der Waals surface area (Å²) in [5.41, 5.74) is 3.17. The number of amides is 5. The van der Waals surface area contributed by atoms with Crippen molar-refractivity contribution in [2.75, 3.05) is 19.9 Å². The van der Waals surface area contributed by atoms with Gasteiger partial charge in [-0.05, 0) is 37.5 Å². The summed E-state index contributed by atoms with van der Waals surface area (Å²) in [4.78, 5) is 74.6. The number of carbonyl (C=O) groups excluding carboxylic acids is 6. The number of hydrogen-bond acceptors (Lipinski definition) is 8. The molecular weight excluding hydrogens is 474 g/mol. The van der Waals surface area contributed by atoms with E-state index in [-0.39, 0.29) is 57.3 Å². The lowest BCUT2D eigenvalue weighted by molar-refractivity contribution is -0.155. The van der Waals surface area contributed by atoms with Crippen LogP contribution in [-0.4, -0.2) is 82.8 Å². The fourth-order valence-electron chi connectivity index (χ4n) is 4.36. The van der Waals surface area contributed by atoms with Crippen LogP contribution in [0.3, 0.4) is 0 Å². The molecular formula is C23H27N5O8. The van der Waals surface area contributed by atoms with E-state index in [1.807, 2.05) is 0 Å². The van der Waals surface area contributed by atoms with Crippen LogP contribution >= 0.6 is 0 Å². The number of benzene rings is 1. The number of ether oxygens (including phenoxy) is 2. The molecule has 1 aromatic carbocycles. The third-order valence-electron chi connectivity index (χ3n) is 6.03. The first-order valence-electron chi connectivity index (χ1n) is 11.6. The predicted molar refractivity (Wildman–Crippen MR) is 121 cm³/mol. The summed E-state index contributed by atoms with van der Waals surface area (Å²) in [6.07, 6.45) is 0.864. The lowest BCUT2D eigenvalue weighted by Gasteiger charge is -2.43. The zero-order valence-corrected chi connectivity index (χ0v) is 19.7. The second-order valence-electron chi connectivity index (χ2n) is 8.76. The van der Waals surface area contributed by atoms with E-state index < -0.39 is 29.9 Å². The molecule has 0 saturated carbocycles. The first kappa shape index (κ1) is 24.9. The lowest BCUT2D eigenvalue weighted by Crippen LogP contribution is -2.64. The van der Waals surface area contributed by atoms with Crippen molar-refractivity contribution in [3.63, 3.8) is 0 Å². The number of hydrogen-bond donors (Lipinski definition) is 2. The van der Waals surface area contributed by atoms with E-state index in [0.29, 0.717) is 29.8 Å². The van der Waals surface area contributed by atoms with Crippen molar-refractivity contribution in [2.45, 2.75) is 51.1 Å². The Labute approximate surface area is 206 Å². The highest BCUT2D eigenvalue weighted by molar-refractivity contribution is 5.93. The van der Waals surface area contributed by atoms with Crippen molar-refractivity contribution < 1.29 is 38.2 Å². The van der Waals surface area contributed by atoms with Crippen LogP contribution in [0.25, 0.3) is 0 Å². The smallest absolute Gasteiger partial charge is 0.358 e. The van der Waals surface area contributed by atoms with E-state index in [2.05, 4.69) is 10.7 Å². The van der Waals surface area contributed by atoms with Gasteiger partial charge in [0.2, 0.25) is 24.5 Å². The Kier molecular flexibility index (Phi) is 7.36. The van der Waals surface area contributed by atoms with E-state index in [1.165, 1.54) is 11.9 Å². The monoisotopic (exact) mass is 501 g/mol. The van der Waals surface area contributed by atoms with Crippen LogP contribution in [0.2, 0.25) is 0 Å². The molecule has 13 heteroatoms. The Morgan fingerprint density at radius 1 is 1.17 bits per heavy atom. The molecule has 2 atom stereocenters. The highest BCUT2D eigenvalue weighted by atomic mass is 16.7. The zero-order valence-electron chi connectivity index (χ0n) is 19.7. The largest absolute Gasteiger partial charge is 0.454 e. The first-order valence-corrected chi connectivity index (χ1v) is 11.6. The van der Waals surface area contributed by atoms with E-state index in [1.54, 1.807) is 18.2 Å². The van der Waals surface area contributed by atoms with Crippen LogP contribution in [0.5, 0.6) is 11.5 Å². The maximum Gasteiger partial charge on any atom is 0.358 e. The number of aldehydes is 1. The molecule has 3 aliphatic heterocycles. The first-order chi connectivity index (χ1) is 17.3. The van der Waals surface area contributed by atoms with E-state index in [9.17, 15) is 28.8 Å². The van der Waals surface area contributed by atoms with Gasteiger partial charge in [0.1, 0.15) is 18.1 Å². The van der Waals surface area contributed by atoms with Gasteiger partial charge in [0.05, 0.1) is 19.0 Å². The molecule has 0 unspecified atom stereocenters. The summed E-state index contributed by atoms with van der Waals surface area (Å²) in [6, 6.07) is 2.20. The molecule has 13 nitrogen and oxygen atoms in total. The summed E-state index contributed by atoms with van der Waals surface area (Å²) in [7, 11) is 0. The van der Waals surface area contributed by atoms with Gasteiger partial charge in [-0.15, -0.1) is 0 Å². The fraction of sp³-hybridized carbons (Fsp3) is 0.478. The number of carbonyl (C=O) groups is 6. The number of ketones is 1. The number of Topliss-reactive ketones (excluding diaryl/α,β-unsaturated/α-hetero) is 1. The minimum absolute atomic E-state index is 0.0534. The molecule has 2 saturated heterocycles. The quantitative estimate of drug-likeness (QED) is 0.460. The number of hydrazine groups is 2. The number of nitrogens with zero attached hydrogens (tertiary/aromatic N) is 3. The van der Waals surface area contributed by atoms with Gasteiger partial charge in [0, 0.05) is 19.4 Å². The van der Waals surface area contributed by atoms with Crippen molar-refractivity contribution in [1.29, 1.82) is 0 Å². The second kappa shape index (κ2) is 10.6. The van der Waals surface area contributed by atoms with Crippen molar-refractivity contribution >= 4 is 35.8 Å². The van der Waals surface area contributed by atoms with Crippen LogP contribution in [0.1, 0.15) is 38.2 Å². The number of urea groups is 1. The molecule has 0 aromatic heterocycles. The second-order valence-corrected chi connectivity index (χ2v) is 8.76. The molecule has 36 heavy (non-hydrogen) atoms. The van der Waals surface area contributed by atoms with Crippen LogP contribution in [0.15, 0.2) is 18.2 Å². The zero-order chi connectivity index (χ0) is 25.8. The highest BCUT2D eigenvalue weighted by Gasteiger charge is 2.44. The normalized spacial score (nSPS) is 19.8. The van der Waals surface area contributed by atoms with E-state index in [0.717, 1.165) is 10.0 Å². The van der Waals surface area contributed by atoms with Crippen LogP contribution in [-0.2, 0) is 30.4 Å². The van der Waals surface area contributed by atoms with Crippen molar-refractivity contribution in [2.24, 2.45) is 0 Å². The topological polar surface area (TPSA) is 155 Å². The Hall–Kier alpha value is -4.16. The molecule has 0 aliphatic carbocycles. The van der Waals surface area contributed by atoms with Crippen LogP contribution in [0.4, 0.5) is 4.79 Å². The van der Waals surface area contributed by atoms with Crippen molar-refractivity contribution in [3.8, 4) is 11.5 Å². The minimum Gasteiger partial charge on any atom is -0.454 e. The van der Waals surface area contributed by atoms with E-state index in [4.69, 9.17) is 9.47 Å². The van der Waals surface area contributed by atoms with Crippen molar-refractivity contribution in [3.05, 3.63) is 23.8 Å². The predicted octanol–water partition coefficient (Wildman–Crippen LogP) is -0.314. The molecule has 0 radical (unpaired) electrons. The summed E-state index contributed by atoms with van der Waals surface area (Å²) in [5.74, 6) is -0.710. The third-order valence-corrected chi connectivity index (χ3v) is 6.03. The summed E-state index contributed by atoms with van der Waals surface area (Å²) in [5, 5.41) is 5.74. The van der Waals surface area contributed by atoms with Crippen LogP contribution < -0.4 is 20.2 Å². The Morgan fingerprint density at radius 2 is 1.94 bits per heavy atom. The van der Waals surface area contributed by atoms with Gasteiger partial charge in [-0.1, -0.05) is 6.07 Å². The standard InChI is InChI=1S/C23H27N5O8/c1-14(30)9-16(12-29)24-22(33)17-3-2-7-27-21(32)6-8-26(23(34)28(17)27)25-20(31)11-15-4-5-18-19(10-15)36-13-35-18/h4-5,10,12,16-17H,2-3,6-9,11,13H2,1H3,(H,24,33)(H,25,31)/t16-,17-/m0/s1. The number of fused-ring (bicyclic) bond motifs is 2. The van der Waals surface area contributed by atoms with Crippen LogP contribution in [0, 0.1) is 0 Å². The molecule has 192 valence electrons. The summed E-state index contributed by atoms with van der Waals surface area (Å²) < 4.78 is 10.6. The van der Waals surface area contributed by atoms with Gasteiger partial charge in [-0.25, -0.2) is 19.8 Å². The maximum atomic E-state index is 13.4. The Balaban J connectivity index is 1.47. The highest BCUT2D eigenvalue weighted by Crippen LogP contribution is 2.32. The molecule has 2 N–H and O–H groups in total.